The average molecular weight is 413 g/mol. The van der Waals surface area contributed by atoms with Crippen LogP contribution in [0.2, 0.25) is 0 Å². The molecule has 30 heavy (non-hydrogen) atoms. The first kappa shape index (κ1) is 23.3. The van der Waals surface area contributed by atoms with E-state index >= 15 is 0 Å². The van der Waals surface area contributed by atoms with Gasteiger partial charge in [0, 0.05) is 13.1 Å². The number of ether oxygens (including phenoxy) is 2. The van der Waals surface area contributed by atoms with Crippen molar-refractivity contribution in [1.82, 2.24) is 10.2 Å². The third kappa shape index (κ3) is 7.43. The van der Waals surface area contributed by atoms with Crippen LogP contribution in [-0.2, 0) is 16.0 Å². The fourth-order valence-electron chi connectivity index (χ4n) is 3.01. The standard InChI is InChI=1S/C24H32N2O4/c1-4-5-16-25-24(28)19(2)26(17-15-20-9-7-6-8-10-20)23(27)18-30-22-13-11-21(29-3)12-14-22/h6-14,19H,4-5,15-18H2,1-3H3,(H,25,28). The van der Waals surface area contributed by atoms with Crippen molar-refractivity contribution in [2.45, 2.75) is 39.2 Å². The fraction of sp³-hybridized carbons (Fsp3) is 0.417. The van der Waals surface area contributed by atoms with Gasteiger partial charge in [-0.25, -0.2) is 0 Å². The summed E-state index contributed by atoms with van der Waals surface area (Å²) in [7, 11) is 1.59. The summed E-state index contributed by atoms with van der Waals surface area (Å²) in [6.07, 6.45) is 2.58. The Morgan fingerprint density at radius 2 is 1.70 bits per heavy atom. The predicted octanol–water partition coefficient (Wildman–Crippen LogP) is 3.45. The topological polar surface area (TPSA) is 67.9 Å². The molecule has 0 aliphatic carbocycles. The van der Waals surface area contributed by atoms with E-state index in [9.17, 15) is 9.59 Å². The Labute approximate surface area is 179 Å². The van der Waals surface area contributed by atoms with E-state index in [1.54, 1.807) is 43.2 Å². The zero-order valence-corrected chi connectivity index (χ0v) is 18.1. The number of unbranched alkanes of at least 4 members (excludes halogenated alkanes) is 1. The number of rotatable bonds is 12. The van der Waals surface area contributed by atoms with Crippen molar-refractivity contribution in [2.24, 2.45) is 0 Å². The number of benzene rings is 2. The number of hydrogen-bond donors (Lipinski definition) is 1. The van der Waals surface area contributed by atoms with Gasteiger partial charge in [0.15, 0.2) is 6.61 Å². The molecule has 1 unspecified atom stereocenters. The number of carbonyl (C=O) groups is 2. The molecule has 0 saturated heterocycles. The number of methoxy groups -OCH3 is 1. The van der Waals surface area contributed by atoms with E-state index in [0.717, 1.165) is 24.2 Å². The summed E-state index contributed by atoms with van der Waals surface area (Å²) in [6, 6.07) is 16.4. The van der Waals surface area contributed by atoms with Crippen molar-refractivity contribution in [3.05, 3.63) is 60.2 Å². The largest absolute Gasteiger partial charge is 0.497 e. The minimum atomic E-state index is -0.572. The van der Waals surface area contributed by atoms with Crippen molar-refractivity contribution >= 4 is 11.8 Å². The lowest BCUT2D eigenvalue weighted by Crippen LogP contribution is -2.50. The first-order valence-electron chi connectivity index (χ1n) is 10.4. The summed E-state index contributed by atoms with van der Waals surface area (Å²) in [6.45, 7) is 4.76. The zero-order chi connectivity index (χ0) is 21.8. The molecule has 0 saturated carbocycles. The number of amides is 2. The van der Waals surface area contributed by atoms with Gasteiger partial charge in [-0.1, -0.05) is 43.7 Å². The van der Waals surface area contributed by atoms with Crippen LogP contribution in [0, 0.1) is 0 Å². The summed E-state index contributed by atoms with van der Waals surface area (Å²) < 4.78 is 10.8. The van der Waals surface area contributed by atoms with E-state index in [2.05, 4.69) is 12.2 Å². The highest BCUT2D eigenvalue weighted by Crippen LogP contribution is 2.17. The number of hydrogen-bond acceptors (Lipinski definition) is 4. The van der Waals surface area contributed by atoms with Gasteiger partial charge >= 0.3 is 0 Å². The molecule has 2 amide bonds. The Hall–Kier alpha value is -3.02. The lowest BCUT2D eigenvalue weighted by molar-refractivity contribution is -0.141. The third-order valence-corrected chi connectivity index (χ3v) is 4.90. The van der Waals surface area contributed by atoms with Gasteiger partial charge in [-0.05, 0) is 49.6 Å². The van der Waals surface area contributed by atoms with Gasteiger partial charge in [-0.2, -0.15) is 0 Å². The highest BCUT2D eigenvalue weighted by Gasteiger charge is 2.25. The average Bonchev–Trinajstić information content (AvgIpc) is 2.78. The minimum Gasteiger partial charge on any atom is -0.497 e. The summed E-state index contributed by atoms with van der Waals surface area (Å²) in [5, 5.41) is 2.92. The van der Waals surface area contributed by atoms with Crippen LogP contribution in [0.3, 0.4) is 0 Å². The maximum absolute atomic E-state index is 12.9. The lowest BCUT2D eigenvalue weighted by Gasteiger charge is -2.28. The fourth-order valence-corrected chi connectivity index (χ4v) is 3.01. The van der Waals surface area contributed by atoms with Crippen LogP contribution in [0.25, 0.3) is 0 Å². The molecule has 0 spiro atoms. The molecule has 2 aromatic carbocycles. The number of nitrogens with one attached hydrogen (secondary N) is 1. The van der Waals surface area contributed by atoms with Gasteiger partial charge in [0.25, 0.3) is 5.91 Å². The second-order valence-electron chi connectivity index (χ2n) is 7.11. The number of carbonyl (C=O) groups excluding carboxylic acids is 2. The van der Waals surface area contributed by atoms with E-state index in [0.29, 0.717) is 25.3 Å². The van der Waals surface area contributed by atoms with Crippen molar-refractivity contribution in [2.75, 3.05) is 26.8 Å². The quantitative estimate of drug-likeness (QED) is 0.542. The molecule has 0 bridgehead atoms. The van der Waals surface area contributed by atoms with Gasteiger partial charge in [-0.3, -0.25) is 9.59 Å². The van der Waals surface area contributed by atoms with E-state index in [4.69, 9.17) is 9.47 Å². The molecule has 0 aliphatic heterocycles. The van der Waals surface area contributed by atoms with Crippen LogP contribution in [0.1, 0.15) is 32.3 Å². The van der Waals surface area contributed by atoms with Gasteiger partial charge in [0.05, 0.1) is 7.11 Å². The Bertz CT molecular complexity index is 778. The summed E-state index contributed by atoms with van der Waals surface area (Å²) in [5.74, 6) is 0.928. The Morgan fingerprint density at radius 1 is 1.03 bits per heavy atom. The maximum Gasteiger partial charge on any atom is 0.261 e. The molecular formula is C24H32N2O4. The van der Waals surface area contributed by atoms with Crippen LogP contribution in [0.15, 0.2) is 54.6 Å². The smallest absolute Gasteiger partial charge is 0.261 e. The van der Waals surface area contributed by atoms with Gasteiger partial charge in [-0.15, -0.1) is 0 Å². The Balaban J connectivity index is 2.01. The molecule has 162 valence electrons. The van der Waals surface area contributed by atoms with Crippen LogP contribution < -0.4 is 14.8 Å². The molecule has 2 aromatic rings. The van der Waals surface area contributed by atoms with Crippen LogP contribution >= 0.6 is 0 Å². The summed E-state index contributed by atoms with van der Waals surface area (Å²) in [4.78, 5) is 27.1. The SMILES string of the molecule is CCCCNC(=O)C(C)N(CCc1ccccc1)C(=O)COc1ccc(OC)cc1. The van der Waals surface area contributed by atoms with E-state index in [1.165, 1.54) is 0 Å². The molecular weight excluding hydrogens is 380 g/mol. The van der Waals surface area contributed by atoms with Gasteiger partial charge in [0.1, 0.15) is 17.5 Å². The molecule has 6 heteroatoms. The molecule has 2 rings (SSSR count). The minimum absolute atomic E-state index is 0.131. The van der Waals surface area contributed by atoms with Crippen LogP contribution in [-0.4, -0.2) is 49.6 Å². The summed E-state index contributed by atoms with van der Waals surface area (Å²) in [5.41, 5.74) is 1.12. The normalized spacial score (nSPS) is 11.4. The van der Waals surface area contributed by atoms with E-state index < -0.39 is 6.04 Å². The van der Waals surface area contributed by atoms with Crippen molar-refractivity contribution in [3.8, 4) is 11.5 Å². The molecule has 0 fully saturated rings. The molecule has 1 atom stereocenters. The highest BCUT2D eigenvalue weighted by molar-refractivity contribution is 5.87. The zero-order valence-electron chi connectivity index (χ0n) is 18.1. The first-order chi connectivity index (χ1) is 14.5. The molecule has 1 N–H and O–H groups in total. The Morgan fingerprint density at radius 3 is 2.33 bits per heavy atom. The first-order valence-corrected chi connectivity index (χ1v) is 10.4. The second-order valence-corrected chi connectivity index (χ2v) is 7.11. The van der Waals surface area contributed by atoms with Gasteiger partial charge in [0.2, 0.25) is 5.91 Å². The van der Waals surface area contributed by atoms with Crippen molar-refractivity contribution in [1.29, 1.82) is 0 Å². The van der Waals surface area contributed by atoms with Crippen LogP contribution in [0.4, 0.5) is 0 Å². The number of nitrogens with zero attached hydrogens (tertiary/aromatic N) is 1. The third-order valence-electron chi connectivity index (χ3n) is 4.90. The monoisotopic (exact) mass is 412 g/mol. The maximum atomic E-state index is 12.9. The summed E-state index contributed by atoms with van der Waals surface area (Å²) >= 11 is 0. The molecule has 6 nitrogen and oxygen atoms in total. The van der Waals surface area contributed by atoms with Gasteiger partial charge < -0.3 is 19.7 Å². The van der Waals surface area contributed by atoms with Crippen LogP contribution in [0.5, 0.6) is 11.5 Å². The van der Waals surface area contributed by atoms with E-state index in [-0.39, 0.29) is 18.4 Å². The molecule has 0 aromatic heterocycles. The predicted molar refractivity (Wildman–Crippen MR) is 118 cm³/mol. The lowest BCUT2D eigenvalue weighted by atomic mass is 10.1. The van der Waals surface area contributed by atoms with Crippen molar-refractivity contribution in [3.63, 3.8) is 0 Å². The van der Waals surface area contributed by atoms with Crippen molar-refractivity contribution < 1.29 is 19.1 Å². The Kier molecular flexibility index (Phi) is 9.71. The molecule has 0 aliphatic rings. The molecule has 0 radical (unpaired) electrons. The highest BCUT2D eigenvalue weighted by atomic mass is 16.5. The second kappa shape index (κ2) is 12.5. The van der Waals surface area contributed by atoms with E-state index in [1.807, 2.05) is 30.3 Å². The molecule has 0 heterocycles.